The van der Waals surface area contributed by atoms with Gasteiger partial charge in [-0.05, 0) is 12.8 Å². The lowest BCUT2D eigenvalue weighted by Gasteiger charge is -2.18. The number of aliphatic hydroxyl groups is 1. The summed E-state index contributed by atoms with van der Waals surface area (Å²) in [6.07, 6.45) is 2.16. The average molecular weight is 279 g/mol. The summed E-state index contributed by atoms with van der Waals surface area (Å²) in [5, 5.41) is 16.9. The molecular formula is C14H21N3O3. The van der Waals surface area contributed by atoms with Gasteiger partial charge in [0, 0.05) is 11.5 Å². The zero-order chi connectivity index (χ0) is 14.9. The number of anilines is 1. The van der Waals surface area contributed by atoms with Crippen LogP contribution in [0.5, 0.6) is 0 Å². The fraction of sp³-hybridized carbons (Fsp3) is 0.571. The first-order valence-electron chi connectivity index (χ1n) is 6.70. The lowest BCUT2D eigenvalue weighted by molar-refractivity contribution is 0.152. The first-order chi connectivity index (χ1) is 9.34. The van der Waals surface area contributed by atoms with Gasteiger partial charge in [-0.3, -0.25) is 0 Å². The molecule has 6 nitrogen and oxygen atoms in total. The number of rotatable bonds is 4. The fourth-order valence-electron chi connectivity index (χ4n) is 2.08. The second-order valence-corrected chi connectivity index (χ2v) is 6.01. The van der Waals surface area contributed by atoms with Crippen molar-refractivity contribution in [1.82, 2.24) is 10.5 Å². The number of hydrogen-bond acceptors (Lipinski definition) is 4. The van der Waals surface area contributed by atoms with Crippen LogP contribution in [0.15, 0.2) is 23.2 Å². The van der Waals surface area contributed by atoms with E-state index in [4.69, 9.17) is 4.52 Å². The van der Waals surface area contributed by atoms with Crippen LogP contribution >= 0.6 is 0 Å². The number of aromatic nitrogens is 1. The van der Waals surface area contributed by atoms with Crippen molar-refractivity contribution in [3.63, 3.8) is 0 Å². The molecule has 1 aliphatic rings. The SMILES string of the molecule is C=CCCC1NC(=O)N(c2cc(C(C)(C)C)no2)C1O. The molecular weight excluding hydrogens is 258 g/mol. The molecule has 1 fully saturated rings. The van der Waals surface area contributed by atoms with Crippen molar-refractivity contribution in [1.29, 1.82) is 0 Å². The van der Waals surface area contributed by atoms with Gasteiger partial charge in [0.15, 0.2) is 6.23 Å². The van der Waals surface area contributed by atoms with Crippen molar-refractivity contribution in [3.05, 3.63) is 24.4 Å². The molecule has 2 amide bonds. The van der Waals surface area contributed by atoms with E-state index in [-0.39, 0.29) is 23.4 Å². The van der Waals surface area contributed by atoms with Crippen LogP contribution in [0.4, 0.5) is 10.7 Å². The predicted octanol–water partition coefficient (Wildman–Crippen LogP) is 2.15. The van der Waals surface area contributed by atoms with Crippen LogP contribution in [-0.4, -0.2) is 28.6 Å². The normalized spacial score (nSPS) is 23.0. The first kappa shape index (κ1) is 14.6. The van der Waals surface area contributed by atoms with Crippen LogP contribution in [0.3, 0.4) is 0 Å². The molecule has 0 aliphatic carbocycles. The van der Waals surface area contributed by atoms with E-state index in [1.54, 1.807) is 12.1 Å². The minimum Gasteiger partial charge on any atom is -0.371 e. The summed E-state index contributed by atoms with van der Waals surface area (Å²) in [7, 11) is 0. The number of nitrogens with zero attached hydrogens (tertiary/aromatic N) is 2. The Labute approximate surface area is 118 Å². The number of aliphatic hydroxyl groups excluding tert-OH is 1. The zero-order valence-corrected chi connectivity index (χ0v) is 12.1. The van der Waals surface area contributed by atoms with Crippen molar-refractivity contribution >= 4 is 11.9 Å². The Morgan fingerprint density at radius 1 is 1.60 bits per heavy atom. The first-order valence-corrected chi connectivity index (χ1v) is 6.70. The highest BCUT2D eigenvalue weighted by Crippen LogP contribution is 2.29. The highest BCUT2D eigenvalue weighted by molar-refractivity contribution is 5.93. The molecule has 2 heterocycles. The summed E-state index contributed by atoms with van der Waals surface area (Å²) in [6, 6.07) is 0.991. The molecule has 20 heavy (non-hydrogen) atoms. The maximum Gasteiger partial charge on any atom is 0.326 e. The smallest absolute Gasteiger partial charge is 0.326 e. The van der Waals surface area contributed by atoms with Gasteiger partial charge in [0.2, 0.25) is 5.88 Å². The standard InChI is InChI=1S/C14H21N3O3/c1-5-6-7-9-12(18)17(13(19)15-9)11-8-10(16-20-11)14(2,3)4/h5,8-9,12,18H,1,6-7H2,2-4H3,(H,15,19). The van der Waals surface area contributed by atoms with Crippen LogP contribution in [0, 0.1) is 0 Å². The number of carbonyl (C=O) groups excluding carboxylic acids is 1. The molecule has 0 aromatic carbocycles. The topological polar surface area (TPSA) is 78.6 Å². The lowest BCUT2D eigenvalue weighted by Crippen LogP contribution is -2.36. The number of nitrogens with one attached hydrogen (secondary N) is 1. The monoisotopic (exact) mass is 279 g/mol. The zero-order valence-electron chi connectivity index (χ0n) is 12.1. The minimum absolute atomic E-state index is 0.175. The van der Waals surface area contributed by atoms with E-state index in [0.29, 0.717) is 6.42 Å². The second kappa shape index (κ2) is 5.28. The second-order valence-electron chi connectivity index (χ2n) is 6.01. The van der Waals surface area contributed by atoms with Gasteiger partial charge in [-0.15, -0.1) is 6.58 Å². The van der Waals surface area contributed by atoms with Gasteiger partial charge in [0.1, 0.15) is 0 Å². The highest BCUT2D eigenvalue weighted by atomic mass is 16.5. The van der Waals surface area contributed by atoms with E-state index in [9.17, 15) is 9.90 Å². The Bertz CT molecular complexity index is 504. The number of carbonyl (C=O) groups is 1. The van der Waals surface area contributed by atoms with Crippen molar-refractivity contribution in [2.24, 2.45) is 0 Å². The Hall–Kier alpha value is -1.82. The Morgan fingerprint density at radius 2 is 2.30 bits per heavy atom. The average Bonchev–Trinajstić information content (AvgIpc) is 2.92. The van der Waals surface area contributed by atoms with Gasteiger partial charge < -0.3 is 14.9 Å². The molecule has 2 unspecified atom stereocenters. The molecule has 110 valence electrons. The van der Waals surface area contributed by atoms with E-state index in [0.717, 1.165) is 12.1 Å². The Morgan fingerprint density at radius 3 is 2.85 bits per heavy atom. The molecule has 2 N–H and O–H groups in total. The summed E-state index contributed by atoms with van der Waals surface area (Å²) < 4.78 is 5.20. The summed E-state index contributed by atoms with van der Waals surface area (Å²) in [5.41, 5.74) is 0.563. The van der Waals surface area contributed by atoms with Crippen LogP contribution in [-0.2, 0) is 5.41 Å². The minimum atomic E-state index is -0.955. The van der Waals surface area contributed by atoms with E-state index < -0.39 is 6.23 Å². The van der Waals surface area contributed by atoms with Crippen molar-refractivity contribution in [2.45, 2.75) is 51.3 Å². The van der Waals surface area contributed by atoms with Gasteiger partial charge in [-0.2, -0.15) is 0 Å². The molecule has 0 bridgehead atoms. The lowest BCUT2D eigenvalue weighted by atomic mass is 9.92. The van der Waals surface area contributed by atoms with Crippen LogP contribution in [0.2, 0.25) is 0 Å². The summed E-state index contributed by atoms with van der Waals surface area (Å²) in [6.45, 7) is 9.64. The van der Waals surface area contributed by atoms with E-state index in [2.05, 4.69) is 17.1 Å². The molecule has 0 saturated carbocycles. The quantitative estimate of drug-likeness (QED) is 0.828. The van der Waals surface area contributed by atoms with Crippen molar-refractivity contribution in [3.8, 4) is 0 Å². The van der Waals surface area contributed by atoms with Gasteiger partial charge in [0.25, 0.3) is 0 Å². The van der Waals surface area contributed by atoms with Gasteiger partial charge >= 0.3 is 6.03 Å². The third-order valence-corrected chi connectivity index (χ3v) is 3.34. The largest absolute Gasteiger partial charge is 0.371 e. The molecule has 0 spiro atoms. The van der Waals surface area contributed by atoms with Gasteiger partial charge in [-0.25, -0.2) is 9.69 Å². The summed E-state index contributed by atoms with van der Waals surface area (Å²) in [4.78, 5) is 13.2. The van der Waals surface area contributed by atoms with Gasteiger partial charge in [-0.1, -0.05) is 32.0 Å². The van der Waals surface area contributed by atoms with E-state index >= 15 is 0 Å². The van der Waals surface area contributed by atoms with Crippen molar-refractivity contribution in [2.75, 3.05) is 4.90 Å². The summed E-state index contributed by atoms with van der Waals surface area (Å²) >= 11 is 0. The van der Waals surface area contributed by atoms with Crippen molar-refractivity contribution < 1.29 is 14.4 Å². The third kappa shape index (κ3) is 2.70. The molecule has 2 rings (SSSR count). The van der Waals surface area contributed by atoms with Crippen LogP contribution < -0.4 is 10.2 Å². The molecule has 0 radical (unpaired) electrons. The molecule has 2 atom stereocenters. The maximum atomic E-state index is 12.0. The predicted molar refractivity (Wildman–Crippen MR) is 75.4 cm³/mol. The number of amides is 2. The number of allylic oxidation sites excluding steroid dienone is 1. The highest BCUT2D eigenvalue weighted by Gasteiger charge is 2.40. The molecule has 1 aromatic heterocycles. The fourth-order valence-corrected chi connectivity index (χ4v) is 2.08. The number of urea groups is 1. The molecule has 1 aromatic rings. The summed E-state index contributed by atoms with van der Waals surface area (Å²) in [5.74, 6) is 0.265. The molecule has 1 saturated heterocycles. The molecule has 1 aliphatic heterocycles. The van der Waals surface area contributed by atoms with E-state index in [1.807, 2.05) is 20.8 Å². The van der Waals surface area contributed by atoms with Crippen LogP contribution in [0.25, 0.3) is 0 Å². The maximum absolute atomic E-state index is 12.0. The van der Waals surface area contributed by atoms with E-state index in [1.165, 1.54) is 4.90 Å². The number of hydrogen-bond donors (Lipinski definition) is 2. The Balaban J connectivity index is 2.18. The molecule has 6 heteroatoms. The third-order valence-electron chi connectivity index (χ3n) is 3.34. The van der Waals surface area contributed by atoms with Gasteiger partial charge in [0.05, 0.1) is 11.7 Å². The van der Waals surface area contributed by atoms with Crippen LogP contribution in [0.1, 0.15) is 39.3 Å². The Kier molecular flexibility index (Phi) is 3.85.